The number of benzene rings is 1. The van der Waals surface area contributed by atoms with Gasteiger partial charge < -0.3 is 0 Å². The normalized spacial score (nSPS) is 23.6. The Kier molecular flexibility index (Phi) is 3.89. The molecule has 0 aromatic heterocycles. The molecule has 0 amide bonds. The van der Waals surface area contributed by atoms with Crippen molar-refractivity contribution in [3.05, 3.63) is 35.9 Å². The SMILES string of the molecule is CC.CC1=NNC(C)(c2ccccc2)C1. The van der Waals surface area contributed by atoms with Crippen molar-refractivity contribution < 1.29 is 0 Å². The van der Waals surface area contributed by atoms with Crippen LogP contribution in [0.3, 0.4) is 0 Å². The molecule has 1 N–H and O–H groups in total. The van der Waals surface area contributed by atoms with Crippen LogP contribution in [-0.4, -0.2) is 5.71 Å². The van der Waals surface area contributed by atoms with E-state index in [4.69, 9.17) is 0 Å². The van der Waals surface area contributed by atoms with E-state index in [-0.39, 0.29) is 5.54 Å². The number of hydrogen-bond acceptors (Lipinski definition) is 2. The number of hydrogen-bond donors (Lipinski definition) is 1. The van der Waals surface area contributed by atoms with Crippen molar-refractivity contribution >= 4 is 5.71 Å². The molecule has 0 saturated heterocycles. The van der Waals surface area contributed by atoms with E-state index in [0.717, 1.165) is 6.42 Å². The predicted molar refractivity (Wildman–Crippen MR) is 66.0 cm³/mol. The highest BCUT2D eigenvalue weighted by Gasteiger charge is 2.30. The lowest BCUT2D eigenvalue weighted by Gasteiger charge is -2.23. The van der Waals surface area contributed by atoms with E-state index in [1.165, 1.54) is 11.3 Å². The summed E-state index contributed by atoms with van der Waals surface area (Å²) in [5.41, 5.74) is 5.67. The highest BCUT2D eigenvalue weighted by atomic mass is 15.4. The lowest BCUT2D eigenvalue weighted by Crippen LogP contribution is -2.32. The quantitative estimate of drug-likeness (QED) is 0.745. The van der Waals surface area contributed by atoms with Gasteiger partial charge in [-0.05, 0) is 19.4 Å². The molecule has 1 aliphatic heterocycles. The molecular weight excluding hydrogens is 184 g/mol. The molecule has 1 aliphatic rings. The van der Waals surface area contributed by atoms with Gasteiger partial charge in [0.15, 0.2) is 0 Å². The molecule has 15 heavy (non-hydrogen) atoms. The maximum absolute atomic E-state index is 4.23. The molecule has 1 aromatic rings. The zero-order valence-corrected chi connectivity index (χ0v) is 10.0. The van der Waals surface area contributed by atoms with Crippen molar-refractivity contribution in [1.82, 2.24) is 5.43 Å². The first kappa shape index (κ1) is 11.8. The van der Waals surface area contributed by atoms with E-state index in [9.17, 15) is 0 Å². The van der Waals surface area contributed by atoms with E-state index in [1.807, 2.05) is 19.9 Å². The highest BCUT2D eigenvalue weighted by Crippen LogP contribution is 2.28. The largest absolute Gasteiger partial charge is 0.299 e. The van der Waals surface area contributed by atoms with Crippen LogP contribution < -0.4 is 5.43 Å². The number of hydrazone groups is 1. The Morgan fingerprint density at radius 2 is 1.80 bits per heavy atom. The number of nitrogens with zero attached hydrogens (tertiary/aromatic N) is 1. The second-order valence-electron chi connectivity index (χ2n) is 3.83. The third-order valence-corrected chi connectivity index (χ3v) is 2.51. The van der Waals surface area contributed by atoms with E-state index in [1.54, 1.807) is 0 Å². The number of rotatable bonds is 1. The Labute approximate surface area is 92.4 Å². The van der Waals surface area contributed by atoms with Crippen LogP contribution in [0, 0.1) is 0 Å². The van der Waals surface area contributed by atoms with Gasteiger partial charge in [-0.1, -0.05) is 44.2 Å². The third-order valence-electron chi connectivity index (χ3n) is 2.51. The minimum absolute atomic E-state index is 0.00530. The lowest BCUT2D eigenvalue weighted by molar-refractivity contribution is 0.421. The molecule has 0 spiro atoms. The summed E-state index contributed by atoms with van der Waals surface area (Å²) in [4.78, 5) is 0. The fraction of sp³-hybridized carbons (Fsp3) is 0.462. The summed E-state index contributed by atoms with van der Waals surface area (Å²) in [7, 11) is 0. The Bertz CT molecular complexity index is 330. The van der Waals surface area contributed by atoms with Gasteiger partial charge in [-0.2, -0.15) is 5.10 Å². The molecule has 0 aliphatic carbocycles. The Balaban J connectivity index is 0.000000531. The van der Waals surface area contributed by atoms with E-state index in [0.29, 0.717) is 0 Å². The molecule has 1 unspecified atom stereocenters. The summed E-state index contributed by atoms with van der Waals surface area (Å²) in [6.07, 6.45) is 0.997. The summed E-state index contributed by atoms with van der Waals surface area (Å²) in [5.74, 6) is 0. The van der Waals surface area contributed by atoms with Crippen LogP contribution in [-0.2, 0) is 5.54 Å². The summed E-state index contributed by atoms with van der Waals surface area (Å²) in [6.45, 7) is 8.24. The third kappa shape index (κ3) is 2.58. The first-order valence-corrected chi connectivity index (χ1v) is 5.57. The molecule has 82 valence electrons. The minimum Gasteiger partial charge on any atom is -0.299 e. The fourth-order valence-corrected chi connectivity index (χ4v) is 1.78. The molecule has 2 heteroatoms. The lowest BCUT2D eigenvalue weighted by atomic mass is 9.89. The Morgan fingerprint density at radius 3 is 2.27 bits per heavy atom. The van der Waals surface area contributed by atoms with Crippen LogP contribution in [0.1, 0.15) is 39.7 Å². The van der Waals surface area contributed by atoms with Gasteiger partial charge in [0.2, 0.25) is 0 Å². The van der Waals surface area contributed by atoms with E-state index in [2.05, 4.69) is 48.6 Å². The van der Waals surface area contributed by atoms with Gasteiger partial charge in [0, 0.05) is 12.1 Å². The zero-order chi connectivity index (χ0) is 11.3. The Morgan fingerprint density at radius 1 is 1.20 bits per heavy atom. The van der Waals surface area contributed by atoms with Gasteiger partial charge in [-0.3, -0.25) is 5.43 Å². The van der Waals surface area contributed by atoms with Gasteiger partial charge in [0.25, 0.3) is 0 Å². The average molecular weight is 204 g/mol. The average Bonchev–Trinajstić information content (AvgIpc) is 2.64. The molecule has 1 heterocycles. The standard InChI is InChI=1S/C11H14N2.C2H6/c1-9-8-11(2,13-12-9)10-6-4-3-5-7-10;1-2/h3-7,13H,8H2,1-2H3;1-2H3. The maximum atomic E-state index is 4.23. The fourth-order valence-electron chi connectivity index (χ4n) is 1.78. The molecule has 0 radical (unpaired) electrons. The first-order valence-electron chi connectivity index (χ1n) is 5.57. The van der Waals surface area contributed by atoms with Crippen LogP contribution in [0.25, 0.3) is 0 Å². The van der Waals surface area contributed by atoms with Crippen LogP contribution in [0.2, 0.25) is 0 Å². The van der Waals surface area contributed by atoms with Gasteiger partial charge >= 0.3 is 0 Å². The summed E-state index contributed by atoms with van der Waals surface area (Å²) in [5, 5.41) is 4.23. The topological polar surface area (TPSA) is 24.4 Å². The van der Waals surface area contributed by atoms with Gasteiger partial charge in [0.1, 0.15) is 0 Å². The van der Waals surface area contributed by atoms with Crippen LogP contribution in [0.5, 0.6) is 0 Å². The van der Waals surface area contributed by atoms with Crippen molar-refractivity contribution in [3.8, 4) is 0 Å². The van der Waals surface area contributed by atoms with Gasteiger partial charge in [0.05, 0.1) is 5.54 Å². The minimum atomic E-state index is 0.00530. The summed E-state index contributed by atoms with van der Waals surface area (Å²) in [6, 6.07) is 10.4. The molecule has 2 nitrogen and oxygen atoms in total. The predicted octanol–water partition coefficient (Wildman–Crippen LogP) is 3.30. The second-order valence-corrected chi connectivity index (χ2v) is 3.83. The molecule has 0 fully saturated rings. The molecular formula is C13H20N2. The van der Waals surface area contributed by atoms with Gasteiger partial charge in [-0.25, -0.2) is 0 Å². The van der Waals surface area contributed by atoms with Crippen molar-refractivity contribution in [2.75, 3.05) is 0 Å². The molecule has 1 aromatic carbocycles. The monoisotopic (exact) mass is 204 g/mol. The van der Waals surface area contributed by atoms with Crippen LogP contribution in [0.4, 0.5) is 0 Å². The molecule has 0 saturated carbocycles. The molecule has 1 atom stereocenters. The first-order chi connectivity index (χ1) is 7.21. The Hall–Kier alpha value is -1.31. The van der Waals surface area contributed by atoms with Gasteiger partial charge in [-0.15, -0.1) is 0 Å². The maximum Gasteiger partial charge on any atom is 0.0821 e. The van der Waals surface area contributed by atoms with E-state index < -0.39 is 0 Å². The summed E-state index contributed by atoms with van der Waals surface area (Å²) >= 11 is 0. The zero-order valence-electron chi connectivity index (χ0n) is 10.0. The second kappa shape index (κ2) is 4.96. The van der Waals surface area contributed by atoms with E-state index >= 15 is 0 Å². The van der Waals surface area contributed by atoms with Crippen molar-refractivity contribution in [2.24, 2.45) is 5.10 Å². The number of nitrogens with one attached hydrogen (secondary N) is 1. The smallest absolute Gasteiger partial charge is 0.0821 e. The van der Waals surface area contributed by atoms with Crippen LogP contribution in [0.15, 0.2) is 35.4 Å². The van der Waals surface area contributed by atoms with Crippen molar-refractivity contribution in [3.63, 3.8) is 0 Å². The van der Waals surface area contributed by atoms with Crippen molar-refractivity contribution in [2.45, 2.75) is 39.7 Å². The molecule has 0 bridgehead atoms. The highest BCUT2D eigenvalue weighted by molar-refractivity contribution is 5.84. The van der Waals surface area contributed by atoms with Crippen molar-refractivity contribution in [1.29, 1.82) is 0 Å². The summed E-state index contributed by atoms with van der Waals surface area (Å²) < 4.78 is 0. The molecule has 2 rings (SSSR count). The van der Waals surface area contributed by atoms with Crippen LogP contribution >= 0.6 is 0 Å².